The highest BCUT2D eigenvalue weighted by Crippen LogP contribution is 2.44. The lowest BCUT2D eigenvalue weighted by Gasteiger charge is -2.11. The van der Waals surface area contributed by atoms with Crippen LogP contribution in [-0.2, 0) is 0 Å². The molecule has 0 N–H and O–H groups in total. The Kier molecular flexibility index (Phi) is 12.9. The molecule has 7 nitrogen and oxygen atoms in total. The number of benzene rings is 15. The van der Waals surface area contributed by atoms with Gasteiger partial charge in [-0.1, -0.05) is 212 Å². The van der Waals surface area contributed by atoms with Gasteiger partial charge >= 0.3 is 0 Å². The summed E-state index contributed by atoms with van der Waals surface area (Å²) in [6.45, 7) is 0. The number of hydrogen-bond acceptors (Lipinski definition) is 1. The van der Waals surface area contributed by atoms with Crippen molar-refractivity contribution in [2.24, 2.45) is 0 Å². The van der Waals surface area contributed by atoms with Crippen molar-refractivity contribution >= 4 is 131 Å². The van der Waals surface area contributed by atoms with Gasteiger partial charge in [-0.05, 0) is 174 Å². The zero-order valence-electron chi connectivity index (χ0n) is 55.3. The van der Waals surface area contributed by atoms with E-state index in [4.69, 9.17) is 4.98 Å². The minimum atomic E-state index is 1.00. The number of nitrogens with zero attached hydrogens (tertiary/aromatic N) is 7. The van der Waals surface area contributed by atoms with Gasteiger partial charge in [0.25, 0.3) is 0 Å². The fourth-order valence-corrected chi connectivity index (χ4v) is 16.6. The molecule has 7 heterocycles. The smallest absolute Gasteiger partial charge is 0.0964 e. The van der Waals surface area contributed by atoms with Crippen LogP contribution in [0.4, 0.5) is 0 Å². The summed E-state index contributed by atoms with van der Waals surface area (Å²) in [5.41, 5.74) is 27.0. The minimum Gasteiger partial charge on any atom is -0.309 e. The van der Waals surface area contributed by atoms with Crippen LogP contribution in [0.3, 0.4) is 0 Å². The number of rotatable bonds is 8. The Labute approximate surface area is 586 Å². The zero-order valence-corrected chi connectivity index (χ0v) is 55.3. The Morgan fingerprint density at radius 3 is 0.775 bits per heavy atom. The lowest BCUT2D eigenvalue weighted by molar-refractivity contribution is 1.16. The van der Waals surface area contributed by atoms with Crippen LogP contribution in [-0.4, -0.2) is 32.4 Å². The molecule has 0 radical (unpaired) electrons. The second kappa shape index (κ2) is 22.9. The molecule has 0 spiro atoms. The third-order valence-corrected chi connectivity index (χ3v) is 21.1. The Bertz CT molecular complexity index is 6640. The van der Waals surface area contributed by atoms with Gasteiger partial charge in [-0.25, -0.2) is 0 Å². The quantitative estimate of drug-likeness (QED) is 0.149. The highest BCUT2D eigenvalue weighted by Gasteiger charge is 2.24. The third kappa shape index (κ3) is 8.84. The number of aromatic nitrogens is 7. The standard InChI is InChI=1S/C48H31N3.C47H30N4/c1-3-13-32(14-4-1)33-23-25-35(26-24-33)50-44-21-11-8-18-38(44)41-31-48-42(30-47(41)50)39-19-9-12-22-45(39)51(48)36-27-28-46-40(29-36)37-17-7-10-20-43(37)49(46)34-15-5-2-6-16-34;1-3-12-31(13-4-1)32-21-23-34(24-22-32)50-41-18-9-7-16-36(41)38-30-46-39(29-45(38)50)37-17-8-10-19-42(37)51(46)35-25-26-43-40(28-35)47-44(20-11-27-48-47)49(43)33-14-5-2-6-15-33/h1-31H;1-30H. The molecule has 0 aliphatic rings. The van der Waals surface area contributed by atoms with E-state index in [9.17, 15) is 0 Å². The topological polar surface area (TPSA) is 42.5 Å². The second-order valence-corrected chi connectivity index (χ2v) is 26.6. The Morgan fingerprint density at radius 1 is 0.147 bits per heavy atom. The monoisotopic (exact) mass is 1300 g/mol. The molecule has 0 fully saturated rings. The summed E-state index contributed by atoms with van der Waals surface area (Å²) in [6, 6.07) is 132. The normalized spacial score (nSPS) is 11.9. The van der Waals surface area contributed by atoms with Crippen molar-refractivity contribution in [2.45, 2.75) is 0 Å². The Hall–Kier alpha value is -13.8. The first-order valence-electron chi connectivity index (χ1n) is 34.9. The van der Waals surface area contributed by atoms with Crippen LogP contribution >= 0.6 is 0 Å². The van der Waals surface area contributed by atoms with Crippen molar-refractivity contribution in [1.29, 1.82) is 0 Å². The van der Waals surface area contributed by atoms with Gasteiger partial charge in [-0.2, -0.15) is 0 Å². The number of hydrogen-bond donors (Lipinski definition) is 0. The van der Waals surface area contributed by atoms with E-state index in [0.717, 1.165) is 50.4 Å². The predicted molar refractivity (Wildman–Crippen MR) is 428 cm³/mol. The van der Waals surface area contributed by atoms with Crippen molar-refractivity contribution < 1.29 is 0 Å². The van der Waals surface area contributed by atoms with Crippen LogP contribution in [0.25, 0.3) is 187 Å². The van der Waals surface area contributed by atoms with E-state index >= 15 is 0 Å². The van der Waals surface area contributed by atoms with Crippen molar-refractivity contribution in [1.82, 2.24) is 32.4 Å². The van der Waals surface area contributed by atoms with Crippen LogP contribution in [0.2, 0.25) is 0 Å². The zero-order chi connectivity index (χ0) is 66.9. The molecule has 7 aromatic heterocycles. The van der Waals surface area contributed by atoms with Gasteiger partial charge in [-0.15, -0.1) is 0 Å². The molecule has 0 bridgehead atoms. The number of para-hydroxylation sites is 7. The van der Waals surface area contributed by atoms with E-state index in [1.807, 2.05) is 12.3 Å². The van der Waals surface area contributed by atoms with E-state index in [2.05, 4.69) is 385 Å². The van der Waals surface area contributed by atoms with Crippen LogP contribution in [0.5, 0.6) is 0 Å². The average molecular weight is 1300 g/mol. The number of pyridine rings is 1. The molecule has 0 atom stereocenters. The van der Waals surface area contributed by atoms with E-state index in [1.165, 1.54) is 137 Å². The summed E-state index contributed by atoms with van der Waals surface area (Å²) in [7, 11) is 0. The van der Waals surface area contributed by atoms with E-state index in [-0.39, 0.29) is 0 Å². The van der Waals surface area contributed by atoms with E-state index in [1.54, 1.807) is 0 Å². The summed E-state index contributed by atoms with van der Waals surface area (Å²) < 4.78 is 14.4. The lowest BCUT2D eigenvalue weighted by atomic mass is 10.1. The van der Waals surface area contributed by atoms with Crippen LogP contribution in [0.15, 0.2) is 370 Å². The van der Waals surface area contributed by atoms with Gasteiger partial charge in [0.1, 0.15) is 0 Å². The van der Waals surface area contributed by atoms with Gasteiger partial charge < -0.3 is 27.4 Å². The fraction of sp³-hybridized carbons (Fsp3) is 0. The van der Waals surface area contributed by atoms with E-state index in [0.29, 0.717) is 0 Å². The molecule has 476 valence electrons. The summed E-state index contributed by atoms with van der Waals surface area (Å²) in [5.74, 6) is 0. The molecule has 15 aromatic carbocycles. The molecular formula is C95H61N7. The first-order valence-corrected chi connectivity index (χ1v) is 34.9. The van der Waals surface area contributed by atoms with Crippen LogP contribution in [0.1, 0.15) is 0 Å². The van der Waals surface area contributed by atoms with Crippen LogP contribution < -0.4 is 0 Å². The predicted octanol–water partition coefficient (Wildman–Crippen LogP) is 24.7. The number of fused-ring (bicyclic) bond motifs is 18. The van der Waals surface area contributed by atoms with E-state index < -0.39 is 0 Å². The largest absolute Gasteiger partial charge is 0.309 e. The molecule has 0 saturated carbocycles. The molecule has 7 heteroatoms. The van der Waals surface area contributed by atoms with Gasteiger partial charge in [-0.3, -0.25) is 4.98 Å². The maximum atomic E-state index is 4.90. The first-order chi connectivity index (χ1) is 50.6. The average Bonchev–Trinajstić information content (AvgIpc) is 1.56. The Morgan fingerprint density at radius 2 is 0.392 bits per heavy atom. The molecule has 0 aliphatic heterocycles. The summed E-state index contributed by atoms with van der Waals surface area (Å²) in [5, 5.41) is 13.6. The minimum absolute atomic E-state index is 1.00. The van der Waals surface area contributed by atoms with Crippen molar-refractivity contribution in [3.05, 3.63) is 370 Å². The maximum absolute atomic E-state index is 4.90. The summed E-state index contributed by atoms with van der Waals surface area (Å²) in [6.07, 6.45) is 1.89. The highest BCUT2D eigenvalue weighted by atomic mass is 15.0. The molecule has 0 aliphatic carbocycles. The molecule has 102 heavy (non-hydrogen) atoms. The van der Waals surface area contributed by atoms with Gasteiger partial charge in [0.15, 0.2) is 0 Å². The molecule has 0 unspecified atom stereocenters. The van der Waals surface area contributed by atoms with Crippen LogP contribution in [0, 0.1) is 0 Å². The van der Waals surface area contributed by atoms with Crippen molar-refractivity contribution in [2.75, 3.05) is 0 Å². The van der Waals surface area contributed by atoms with Gasteiger partial charge in [0, 0.05) is 99.6 Å². The molecule has 22 aromatic rings. The molecule has 0 amide bonds. The SMILES string of the molecule is c1ccc(-c2ccc(-n3c4ccccc4c4cc5c(cc43)c3ccccc3n5-c3ccc4c(c3)c3ccccc3n4-c3ccccc3)cc2)cc1.c1ccc(-c2ccc(-n3c4ccccc4c4cc5c(cc43)c3ccccc3n5-c3ccc4c(c3)c3ncccc3n4-c3ccccc3)cc2)cc1. The lowest BCUT2D eigenvalue weighted by Crippen LogP contribution is -1.96. The van der Waals surface area contributed by atoms with Crippen molar-refractivity contribution in [3.8, 4) is 56.4 Å². The molecule has 0 saturated heterocycles. The fourth-order valence-electron chi connectivity index (χ4n) is 16.6. The molecule has 22 rings (SSSR count). The Balaban J connectivity index is 0.000000133. The first kappa shape index (κ1) is 57.3. The third-order valence-electron chi connectivity index (χ3n) is 21.1. The van der Waals surface area contributed by atoms with Gasteiger partial charge in [0.2, 0.25) is 0 Å². The molecular weight excluding hydrogens is 1240 g/mol. The maximum Gasteiger partial charge on any atom is 0.0964 e. The summed E-state index contributed by atoms with van der Waals surface area (Å²) in [4.78, 5) is 4.90. The summed E-state index contributed by atoms with van der Waals surface area (Å²) >= 11 is 0. The van der Waals surface area contributed by atoms with Crippen molar-refractivity contribution in [3.63, 3.8) is 0 Å². The highest BCUT2D eigenvalue weighted by molar-refractivity contribution is 6.21. The second-order valence-electron chi connectivity index (χ2n) is 26.6. The van der Waals surface area contributed by atoms with Gasteiger partial charge in [0.05, 0.1) is 71.7 Å².